The topological polar surface area (TPSA) is 79.4 Å². The van der Waals surface area contributed by atoms with E-state index < -0.39 is 0 Å². The normalized spacial score (nSPS) is 18.0. The van der Waals surface area contributed by atoms with Crippen LogP contribution in [-0.2, 0) is 15.9 Å². The van der Waals surface area contributed by atoms with Crippen LogP contribution < -0.4 is 9.80 Å². The average molecular weight is 380 g/mol. The van der Waals surface area contributed by atoms with Gasteiger partial charge in [-0.1, -0.05) is 30.3 Å². The first kappa shape index (κ1) is 17.4. The number of H-pyrrole nitrogens is 1. The van der Waals surface area contributed by atoms with Crippen LogP contribution in [0.5, 0.6) is 0 Å². The number of rotatable bonds is 4. The van der Waals surface area contributed by atoms with E-state index in [4.69, 9.17) is 24.4 Å². The zero-order valence-corrected chi connectivity index (χ0v) is 15.8. The molecule has 8 nitrogen and oxygen atoms in total. The maximum atomic E-state index is 5.53. The van der Waals surface area contributed by atoms with Crippen molar-refractivity contribution in [2.75, 3.05) is 62.4 Å². The third-order valence-corrected chi connectivity index (χ3v) is 5.19. The molecule has 0 atom stereocenters. The number of nitrogens with zero attached hydrogens (tertiary/aromatic N) is 5. The van der Waals surface area contributed by atoms with Gasteiger partial charge in [0.25, 0.3) is 0 Å². The van der Waals surface area contributed by atoms with E-state index in [1.807, 2.05) is 18.2 Å². The Balaban J connectivity index is 1.54. The number of imidazole rings is 1. The Labute approximate surface area is 163 Å². The first-order valence-electron chi connectivity index (χ1n) is 9.83. The molecular weight excluding hydrogens is 356 g/mol. The molecule has 0 radical (unpaired) electrons. The number of nitrogens with one attached hydrogen (secondary N) is 1. The standard InChI is InChI=1S/C20H24N6O2/c1-2-4-15(5-3-1)14-16-21-17-18(22-16)23-20(26-8-12-28-13-9-26)24-19(17)25-6-10-27-11-7-25/h1-5H,6-14H2,(H,21,22,23,24). The molecule has 146 valence electrons. The lowest BCUT2D eigenvalue weighted by atomic mass is 10.1. The number of morpholine rings is 2. The van der Waals surface area contributed by atoms with Crippen molar-refractivity contribution in [2.24, 2.45) is 0 Å². The third kappa shape index (κ3) is 3.53. The summed E-state index contributed by atoms with van der Waals surface area (Å²) in [6.07, 6.45) is 0.743. The second-order valence-corrected chi connectivity index (χ2v) is 7.09. The number of aromatic nitrogens is 4. The van der Waals surface area contributed by atoms with Gasteiger partial charge in [0.1, 0.15) is 11.3 Å². The smallest absolute Gasteiger partial charge is 0.229 e. The molecule has 0 bridgehead atoms. The fourth-order valence-corrected chi connectivity index (χ4v) is 3.70. The highest BCUT2D eigenvalue weighted by atomic mass is 16.5. The van der Waals surface area contributed by atoms with Crippen LogP contribution in [0.1, 0.15) is 11.4 Å². The Morgan fingerprint density at radius 1 is 0.821 bits per heavy atom. The van der Waals surface area contributed by atoms with Gasteiger partial charge >= 0.3 is 0 Å². The van der Waals surface area contributed by atoms with Crippen LogP contribution in [0.4, 0.5) is 11.8 Å². The molecule has 2 aromatic heterocycles. The van der Waals surface area contributed by atoms with E-state index in [-0.39, 0.29) is 0 Å². The van der Waals surface area contributed by atoms with Crippen molar-refractivity contribution in [3.05, 3.63) is 41.7 Å². The molecule has 3 aromatic rings. The number of benzene rings is 1. The van der Waals surface area contributed by atoms with Crippen molar-refractivity contribution in [3.63, 3.8) is 0 Å². The van der Waals surface area contributed by atoms with Gasteiger partial charge in [-0.05, 0) is 5.56 Å². The van der Waals surface area contributed by atoms with E-state index in [1.165, 1.54) is 5.56 Å². The molecule has 5 rings (SSSR count). The molecule has 2 aliphatic rings. The summed E-state index contributed by atoms with van der Waals surface area (Å²) in [6.45, 7) is 6.07. The summed E-state index contributed by atoms with van der Waals surface area (Å²) in [7, 11) is 0. The summed E-state index contributed by atoms with van der Waals surface area (Å²) in [6, 6.07) is 10.3. The molecule has 2 saturated heterocycles. The summed E-state index contributed by atoms with van der Waals surface area (Å²) in [5, 5.41) is 0. The van der Waals surface area contributed by atoms with E-state index in [0.29, 0.717) is 26.4 Å². The molecule has 0 aliphatic carbocycles. The van der Waals surface area contributed by atoms with Gasteiger partial charge in [0.15, 0.2) is 11.5 Å². The Bertz CT molecular complexity index is 933. The molecule has 0 unspecified atom stereocenters. The van der Waals surface area contributed by atoms with Crippen molar-refractivity contribution in [1.29, 1.82) is 0 Å². The highest BCUT2D eigenvalue weighted by Gasteiger charge is 2.23. The minimum Gasteiger partial charge on any atom is -0.378 e. The zero-order valence-electron chi connectivity index (χ0n) is 15.8. The minimum atomic E-state index is 0.702. The first-order chi connectivity index (χ1) is 13.9. The number of hydrogen-bond acceptors (Lipinski definition) is 7. The first-order valence-corrected chi connectivity index (χ1v) is 9.83. The Hall–Kier alpha value is -2.71. The molecule has 0 spiro atoms. The maximum absolute atomic E-state index is 5.53. The summed E-state index contributed by atoms with van der Waals surface area (Å²) in [5.74, 6) is 2.56. The lowest BCUT2D eigenvalue weighted by molar-refractivity contribution is 0.121. The summed E-state index contributed by atoms with van der Waals surface area (Å²) >= 11 is 0. The van der Waals surface area contributed by atoms with Crippen molar-refractivity contribution in [2.45, 2.75) is 6.42 Å². The van der Waals surface area contributed by atoms with Gasteiger partial charge in [-0.25, -0.2) is 4.98 Å². The van der Waals surface area contributed by atoms with Gasteiger partial charge in [-0.2, -0.15) is 9.97 Å². The third-order valence-electron chi connectivity index (χ3n) is 5.19. The second kappa shape index (κ2) is 7.73. The van der Waals surface area contributed by atoms with Gasteiger partial charge in [-0.15, -0.1) is 0 Å². The highest BCUT2D eigenvalue weighted by molar-refractivity contribution is 5.85. The van der Waals surface area contributed by atoms with Crippen LogP contribution in [0.3, 0.4) is 0 Å². The summed E-state index contributed by atoms with van der Waals surface area (Å²) in [5.41, 5.74) is 2.85. The molecular formula is C20H24N6O2. The molecule has 2 aliphatic heterocycles. The molecule has 8 heteroatoms. The summed E-state index contributed by atoms with van der Waals surface area (Å²) < 4.78 is 11.0. The summed E-state index contributed by atoms with van der Waals surface area (Å²) in [4.78, 5) is 22.4. The largest absolute Gasteiger partial charge is 0.378 e. The SMILES string of the molecule is c1ccc(Cc2nc3nc(N4CCOCC4)nc(N4CCOCC4)c3[nH]2)cc1. The number of ether oxygens (including phenoxy) is 2. The van der Waals surface area contributed by atoms with Crippen LogP contribution in [0.15, 0.2) is 30.3 Å². The minimum absolute atomic E-state index is 0.702. The number of anilines is 2. The van der Waals surface area contributed by atoms with E-state index in [9.17, 15) is 0 Å². The van der Waals surface area contributed by atoms with Crippen LogP contribution in [0, 0.1) is 0 Å². The average Bonchev–Trinajstić information content (AvgIpc) is 3.17. The number of aromatic amines is 1. The molecule has 4 heterocycles. The number of fused-ring (bicyclic) bond motifs is 1. The molecule has 0 amide bonds. The fourth-order valence-electron chi connectivity index (χ4n) is 3.70. The van der Waals surface area contributed by atoms with Crippen molar-refractivity contribution in [3.8, 4) is 0 Å². The Kier molecular flexibility index (Phi) is 4.80. The Morgan fingerprint density at radius 2 is 1.50 bits per heavy atom. The van der Waals surface area contributed by atoms with Gasteiger partial charge in [0, 0.05) is 32.6 Å². The quantitative estimate of drug-likeness (QED) is 0.737. The van der Waals surface area contributed by atoms with Gasteiger partial charge in [0.05, 0.1) is 26.4 Å². The van der Waals surface area contributed by atoms with Gasteiger partial charge in [-0.3, -0.25) is 0 Å². The monoisotopic (exact) mass is 380 g/mol. The number of hydrogen-bond donors (Lipinski definition) is 1. The van der Waals surface area contributed by atoms with Gasteiger partial charge < -0.3 is 24.3 Å². The predicted molar refractivity (Wildman–Crippen MR) is 107 cm³/mol. The lowest BCUT2D eigenvalue weighted by Crippen LogP contribution is -2.39. The molecule has 1 N–H and O–H groups in total. The Morgan fingerprint density at radius 3 is 2.21 bits per heavy atom. The van der Waals surface area contributed by atoms with E-state index in [0.717, 1.165) is 61.4 Å². The maximum Gasteiger partial charge on any atom is 0.229 e. The zero-order chi connectivity index (χ0) is 18.8. The van der Waals surface area contributed by atoms with Crippen molar-refractivity contribution in [1.82, 2.24) is 19.9 Å². The van der Waals surface area contributed by atoms with Crippen molar-refractivity contribution < 1.29 is 9.47 Å². The molecule has 28 heavy (non-hydrogen) atoms. The van der Waals surface area contributed by atoms with E-state index >= 15 is 0 Å². The predicted octanol–water partition coefficient (Wildman–Crippen LogP) is 1.62. The lowest BCUT2D eigenvalue weighted by Gasteiger charge is -2.30. The van der Waals surface area contributed by atoms with E-state index in [2.05, 4.69) is 26.9 Å². The van der Waals surface area contributed by atoms with E-state index in [1.54, 1.807) is 0 Å². The van der Waals surface area contributed by atoms with Gasteiger partial charge in [0.2, 0.25) is 5.95 Å². The van der Waals surface area contributed by atoms with Crippen LogP contribution >= 0.6 is 0 Å². The fraction of sp³-hybridized carbons (Fsp3) is 0.450. The molecule has 2 fully saturated rings. The van der Waals surface area contributed by atoms with Crippen LogP contribution in [0.2, 0.25) is 0 Å². The molecule has 0 saturated carbocycles. The van der Waals surface area contributed by atoms with Crippen molar-refractivity contribution >= 4 is 22.9 Å². The second-order valence-electron chi connectivity index (χ2n) is 7.09. The van der Waals surface area contributed by atoms with Crippen LogP contribution in [0.25, 0.3) is 11.2 Å². The highest BCUT2D eigenvalue weighted by Crippen LogP contribution is 2.27. The van der Waals surface area contributed by atoms with Crippen LogP contribution in [-0.4, -0.2) is 72.5 Å². The molecule has 1 aromatic carbocycles.